The molecule has 2 saturated carbocycles. The molecule has 4 rings (SSSR count). The molecule has 1 N–H and O–H groups in total. The van der Waals surface area contributed by atoms with Gasteiger partial charge in [0.15, 0.2) is 5.78 Å². The number of hydrogen-bond acceptors (Lipinski definition) is 4. The fourth-order valence-electron chi connectivity index (χ4n) is 5.30. The lowest BCUT2D eigenvalue weighted by Gasteiger charge is -2.39. The first kappa shape index (κ1) is 18.0. The van der Waals surface area contributed by atoms with Gasteiger partial charge in [0.05, 0.1) is 11.8 Å². The average Bonchev–Trinajstić information content (AvgIpc) is 3.29. The van der Waals surface area contributed by atoms with Crippen LogP contribution in [0.5, 0.6) is 0 Å². The van der Waals surface area contributed by atoms with Crippen LogP contribution < -0.4 is 4.90 Å². The van der Waals surface area contributed by atoms with Crippen molar-refractivity contribution in [1.82, 2.24) is 4.90 Å². The first-order valence-corrected chi connectivity index (χ1v) is 9.83. The Labute approximate surface area is 159 Å². The molecule has 144 valence electrons. The van der Waals surface area contributed by atoms with Gasteiger partial charge in [0.1, 0.15) is 0 Å². The summed E-state index contributed by atoms with van der Waals surface area (Å²) < 4.78 is 0. The molecule has 2 bridgehead atoms. The number of Topliss-reactive ketones (excluding diaryl/α,β-unsaturated/α-hetero) is 1. The van der Waals surface area contributed by atoms with Gasteiger partial charge in [-0.3, -0.25) is 14.4 Å². The van der Waals surface area contributed by atoms with Crippen molar-refractivity contribution in [1.29, 1.82) is 0 Å². The Morgan fingerprint density at radius 3 is 2.07 bits per heavy atom. The van der Waals surface area contributed by atoms with Gasteiger partial charge in [-0.25, -0.2) is 0 Å². The maximum absolute atomic E-state index is 13.1. The van der Waals surface area contributed by atoms with E-state index in [-0.39, 0.29) is 29.4 Å². The van der Waals surface area contributed by atoms with E-state index in [9.17, 15) is 19.5 Å². The molecule has 27 heavy (non-hydrogen) atoms. The summed E-state index contributed by atoms with van der Waals surface area (Å²) >= 11 is 0. The molecule has 3 fully saturated rings. The summed E-state index contributed by atoms with van der Waals surface area (Å²) in [6.45, 7) is 4.24. The van der Waals surface area contributed by atoms with Gasteiger partial charge >= 0.3 is 5.97 Å². The number of hydrogen-bond donors (Lipinski definition) is 1. The third-order valence-corrected chi connectivity index (χ3v) is 6.72. The number of anilines is 1. The normalized spacial score (nSPS) is 29.8. The fourth-order valence-corrected chi connectivity index (χ4v) is 5.30. The second kappa shape index (κ2) is 6.98. The number of ketones is 1. The highest BCUT2D eigenvalue weighted by molar-refractivity contribution is 5.94. The molecular weight excluding hydrogens is 344 g/mol. The molecule has 3 aliphatic rings. The third-order valence-electron chi connectivity index (χ3n) is 6.72. The summed E-state index contributed by atoms with van der Waals surface area (Å²) in [5.41, 5.74) is 1.75. The Kier molecular flexibility index (Phi) is 4.66. The van der Waals surface area contributed by atoms with Crippen molar-refractivity contribution >= 4 is 23.3 Å². The molecule has 1 heterocycles. The van der Waals surface area contributed by atoms with Crippen molar-refractivity contribution in [2.45, 2.75) is 26.2 Å². The van der Waals surface area contributed by atoms with E-state index in [1.807, 2.05) is 29.2 Å². The second-order valence-corrected chi connectivity index (χ2v) is 8.14. The summed E-state index contributed by atoms with van der Waals surface area (Å²) in [4.78, 5) is 40.3. The van der Waals surface area contributed by atoms with E-state index >= 15 is 0 Å². The highest BCUT2D eigenvalue weighted by Crippen LogP contribution is 2.53. The van der Waals surface area contributed by atoms with Crippen LogP contribution in [0.25, 0.3) is 0 Å². The summed E-state index contributed by atoms with van der Waals surface area (Å²) in [7, 11) is 0. The number of amides is 1. The number of rotatable bonds is 4. The SMILES string of the molecule is CC(=O)c1ccc(N2CCN(C(=O)[C@H]3[C@H]4CC[C@@H](C4)[C@@H]3C(=O)O)CC2)cc1. The molecule has 1 amide bonds. The molecule has 0 spiro atoms. The second-order valence-electron chi connectivity index (χ2n) is 8.14. The molecule has 4 atom stereocenters. The lowest BCUT2D eigenvalue weighted by atomic mass is 9.78. The first-order valence-electron chi connectivity index (χ1n) is 9.83. The lowest BCUT2D eigenvalue weighted by Crippen LogP contribution is -2.52. The Bertz CT molecular complexity index is 752. The van der Waals surface area contributed by atoms with E-state index < -0.39 is 11.9 Å². The highest BCUT2D eigenvalue weighted by Gasteiger charge is 2.54. The van der Waals surface area contributed by atoms with Gasteiger partial charge in [-0.15, -0.1) is 0 Å². The summed E-state index contributed by atoms with van der Waals surface area (Å²) in [6.07, 6.45) is 2.85. The average molecular weight is 370 g/mol. The lowest BCUT2D eigenvalue weighted by molar-refractivity contribution is -0.153. The minimum atomic E-state index is -0.801. The number of carboxylic acids is 1. The Morgan fingerprint density at radius 1 is 0.926 bits per heavy atom. The van der Waals surface area contributed by atoms with Gasteiger partial charge in [0.2, 0.25) is 5.91 Å². The van der Waals surface area contributed by atoms with Crippen LogP contribution in [0.4, 0.5) is 5.69 Å². The van der Waals surface area contributed by atoms with Gasteiger partial charge < -0.3 is 14.9 Å². The van der Waals surface area contributed by atoms with Crippen LogP contribution in [0.15, 0.2) is 24.3 Å². The predicted molar refractivity (Wildman–Crippen MR) is 101 cm³/mol. The van der Waals surface area contributed by atoms with E-state index in [4.69, 9.17) is 0 Å². The van der Waals surface area contributed by atoms with E-state index in [0.717, 1.165) is 38.0 Å². The van der Waals surface area contributed by atoms with E-state index in [0.29, 0.717) is 18.7 Å². The molecule has 6 nitrogen and oxygen atoms in total. The van der Waals surface area contributed by atoms with Gasteiger partial charge in [0.25, 0.3) is 0 Å². The Morgan fingerprint density at radius 2 is 1.52 bits per heavy atom. The minimum absolute atomic E-state index is 0.0428. The largest absolute Gasteiger partial charge is 0.481 e. The van der Waals surface area contributed by atoms with Crippen LogP contribution in [0.2, 0.25) is 0 Å². The van der Waals surface area contributed by atoms with Crippen molar-refractivity contribution in [2.24, 2.45) is 23.7 Å². The zero-order chi connectivity index (χ0) is 19.1. The molecular formula is C21H26N2O4. The number of carbonyl (C=O) groups is 3. The number of carbonyl (C=O) groups excluding carboxylic acids is 2. The number of piperazine rings is 1. The first-order chi connectivity index (χ1) is 13.0. The van der Waals surface area contributed by atoms with Crippen molar-refractivity contribution in [2.75, 3.05) is 31.1 Å². The van der Waals surface area contributed by atoms with Crippen LogP contribution in [-0.4, -0.2) is 53.8 Å². The standard InChI is InChI=1S/C21H26N2O4/c1-13(24)14-4-6-17(7-5-14)22-8-10-23(11-9-22)20(25)18-15-2-3-16(12-15)19(18)21(26)27/h4-7,15-16,18-19H,2-3,8-12H2,1H3,(H,26,27)/t15-,16-,18-,19-/m0/s1. The summed E-state index contributed by atoms with van der Waals surface area (Å²) in [5, 5.41) is 9.60. The number of carboxylic acid groups (broad SMARTS) is 1. The van der Waals surface area contributed by atoms with E-state index in [1.165, 1.54) is 0 Å². The van der Waals surface area contributed by atoms with Crippen molar-refractivity contribution < 1.29 is 19.5 Å². The number of aliphatic carboxylic acids is 1. The Hall–Kier alpha value is -2.37. The molecule has 1 saturated heterocycles. The van der Waals surface area contributed by atoms with E-state index in [1.54, 1.807) is 6.92 Å². The monoisotopic (exact) mass is 370 g/mol. The maximum Gasteiger partial charge on any atom is 0.307 e. The zero-order valence-corrected chi connectivity index (χ0v) is 15.6. The van der Waals surface area contributed by atoms with Gasteiger partial charge in [-0.05, 0) is 62.3 Å². The smallest absolute Gasteiger partial charge is 0.307 e. The Balaban J connectivity index is 1.39. The number of nitrogens with zero attached hydrogens (tertiary/aromatic N) is 2. The molecule has 0 aromatic heterocycles. The van der Waals surface area contributed by atoms with Crippen LogP contribution in [0.1, 0.15) is 36.5 Å². The van der Waals surface area contributed by atoms with Gasteiger partial charge in [0, 0.05) is 37.4 Å². The molecule has 6 heteroatoms. The van der Waals surface area contributed by atoms with Crippen LogP contribution in [0.3, 0.4) is 0 Å². The molecule has 1 aromatic rings. The number of fused-ring (bicyclic) bond motifs is 2. The quantitative estimate of drug-likeness (QED) is 0.823. The molecule has 1 aromatic carbocycles. The number of benzene rings is 1. The maximum atomic E-state index is 13.1. The summed E-state index contributed by atoms with van der Waals surface area (Å²) in [5.74, 6) is -1.10. The topological polar surface area (TPSA) is 77.9 Å². The van der Waals surface area contributed by atoms with E-state index in [2.05, 4.69) is 4.90 Å². The third kappa shape index (κ3) is 3.22. The van der Waals surface area contributed by atoms with Crippen LogP contribution in [0, 0.1) is 23.7 Å². The molecule has 0 radical (unpaired) electrons. The van der Waals surface area contributed by atoms with Crippen molar-refractivity contribution in [3.8, 4) is 0 Å². The zero-order valence-electron chi connectivity index (χ0n) is 15.6. The summed E-state index contributed by atoms with van der Waals surface area (Å²) in [6, 6.07) is 7.57. The molecule has 2 aliphatic carbocycles. The molecule has 0 unspecified atom stereocenters. The van der Waals surface area contributed by atoms with Crippen LogP contribution >= 0.6 is 0 Å². The molecule has 1 aliphatic heterocycles. The van der Waals surface area contributed by atoms with Gasteiger partial charge in [-0.2, -0.15) is 0 Å². The predicted octanol–water partition coefficient (Wildman–Crippen LogP) is 2.28. The van der Waals surface area contributed by atoms with Gasteiger partial charge in [-0.1, -0.05) is 0 Å². The van der Waals surface area contributed by atoms with Crippen molar-refractivity contribution in [3.05, 3.63) is 29.8 Å². The highest BCUT2D eigenvalue weighted by atomic mass is 16.4. The fraction of sp³-hybridized carbons (Fsp3) is 0.571. The van der Waals surface area contributed by atoms with Crippen LogP contribution in [-0.2, 0) is 9.59 Å². The van der Waals surface area contributed by atoms with Crippen molar-refractivity contribution in [3.63, 3.8) is 0 Å². The minimum Gasteiger partial charge on any atom is -0.481 e.